The first-order valence-electron chi connectivity index (χ1n) is 6.56. The molecule has 2 rings (SSSR count). The van der Waals surface area contributed by atoms with E-state index in [9.17, 15) is 4.79 Å². The summed E-state index contributed by atoms with van der Waals surface area (Å²) in [6.45, 7) is 0. The van der Waals surface area contributed by atoms with E-state index in [1.54, 1.807) is 50.6 Å². The van der Waals surface area contributed by atoms with E-state index in [1.165, 1.54) is 7.11 Å². The number of carbonyl (C=O) groups is 1. The summed E-state index contributed by atoms with van der Waals surface area (Å²) in [7, 11) is 4.46. The van der Waals surface area contributed by atoms with Crippen LogP contribution in [0.25, 0.3) is 0 Å². The van der Waals surface area contributed by atoms with Gasteiger partial charge < -0.3 is 25.3 Å². The van der Waals surface area contributed by atoms with Crippen LogP contribution in [0.5, 0.6) is 11.5 Å². The van der Waals surface area contributed by atoms with Crippen LogP contribution in [-0.4, -0.2) is 27.3 Å². The van der Waals surface area contributed by atoms with Gasteiger partial charge in [-0.2, -0.15) is 0 Å². The normalized spacial score (nSPS) is 9.95. The van der Waals surface area contributed by atoms with Gasteiger partial charge in [-0.1, -0.05) is 0 Å². The average Bonchev–Trinajstić information content (AvgIpc) is 2.55. The van der Waals surface area contributed by atoms with Gasteiger partial charge in [0, 0.05) is 11.8 Å². The van der Waals surface area contributed by atoms with Crippen LogP contribution in [-0.2, 0) is 4.74 Å². The molecule has 3 N–H and O–H groups in total. The zero-order valence-electron chi connectivity index (χ0n) is 12.7. The molecule has 0 amide bonds. The SMILES string of the molecule is COC(=O)c1cc(N)ccc1Nc1ccc(OC)cc1OC. The van der Waals surface area contributed by atoms with Crippen molar-refractivity contribution in [2.24, 2.45) is 0 Å². The number of benzene rings is 2. The number of hydrogen-bond acceptors (Lipinski definition) is 6. The summed E-state index contributed by atoms with van der Waals surface area (Å²) in [5, 5.41) is 3.15. The molecule has 0 aliphatic carbocycles. The second kappa shape index (κ2) is 6.71. The molecule has 0 saturated carbocycles. The van der Waals surface area contributed by atoms with E-state index in [2.05, 4.69) is 5.32 Å². The zero-order valence-corrected chi connectivity index (χ0v) is 12.7. The maximum atomic E-state index is 11.9. The van der Waals surface area contributed by atoms with Gasteiger partial charge in [-0.25, -0.2) is 4.79 Å². The van der Waals surface area contributed by atoms with Crippen LogP contribution < -0.4 is 20.5 Å². The highest BCUT2D eigenvalue weighted by Crippen LogP contribution is 2.33. The minimum absolute atomic E-state index is 0.348. The van der Waals surface area contributed by atoms with Gasteiger partial charge in [0.15, 0.2) is 0 Å². The monoisotopic (exact) mass is 302 g/mol. The van der Waals surface area contributed by atoms with Crippen LogP contribution >= 0.6 is 0 Å². The van der Waals surface area contributed by atoms with Gasteiger partial charge >= 0.3 is 5.97 Å². The molecule has 0 aromatic heterocycles. The van der Waals surface area contributed by atoms with Gasteiger partial charge in [-0.3, -0.25) is 0 Å². The van der Waals surface area contributed by atoms with E-state index >= 15 is 0 Å². The standard InChI is InChI=1S/C16H18N2O4/c1-20-11-5-7-14(15(9-11)21-2)18-13-6-4-10(17)8-12(13)16(19)22-3/h4-9,18H,17H2,1-3H3. The summed E-state index contributed by atoms with van der Waals surface area (Å²) in [5.74, 6) is 0.794. The maximum absolute atomic E-state index is 11.9. The lowest BCUT2D eigenvalue weighted by atomic mass is 10.1. The topological polar surface area (TPSA) is 82.8 Å². The van der Waals surface area contributed by atoms with Crippen LogP contribution in [0.1, 0.15) is 10.4 Å². The zero-order chi connectivity index (χ0) is 16.1. The van der Waals surface area contributed by atoms with Gasteiger partial charge in [-0.05, 0) is 30.3 Å². The Hall–Kier alpha value is -2.89. The average molecular weight is 302 g/mol. The molecule has 0 atom stereocenters. The van der Waals surface area contributed by atoms with E-state index in [0.717, 1.165) is 0 Å². The molecule has 0 fully saturated rings. The third kappa shape index (κ3) is 3.22. The summed E-state index contributed by atoms with van der Waals surface area (Å²) < 4.78 is 15.3. The number of nitrogens with one attached hydrogen (secondary N) is 1. The highest BCUT2D eigenvalue weighted by molar-refractivity contribution is 5.97. The van der Waals surface area contributed by atoms with Crippen molar-refractivity contribution in [2.45, 2.75) is 0 Å². The van der Waals surface area contributed by atoms with Crippen LogP contribution in [0.2, 0.25) is 0 Å². The molecule has 0 radical (unpaired) electrons. The molecule has 6 heteroatoms. The summed E-state index contributed by atoms with van der Waals surface area (Å²) in [5.41, 5.74) is 7.82. The lowest BCUT2D eigenvalue weighted by Crippen LogP contribution is -2.07. The molecule has 0 bridgehead atoms. The molecule has 0 aliphatic heterocycles. The summed E-state index contributed by atoms with van der Waals surface area (Å²) in [6.07, 6.45) is 0. The van der Waals surface area contributed by atoms with E-state index < -0.39 is 5.97 Å². The first-order valence-corrected chi connectivity index (χ1v) is 6.56. The number of ether oxygens (including phenoxy) is 3. The fourth-order valence-electron chi connectivity index (χ4n) is 2.00. The van der Waals surface area contributed by atoms with Gasteiger partial charge in [0.2, 0.25) is 0 Å². The lowest BCUT2D eigenvalue weighted by molar-refractivity contribution is 0.0602. The van der Waals surface area contributed by atoms with Crippen molar-refractivity contribution < 1.29 is 19.0 Å². The fraction of sp³-hybridized carbons (Fsp3) is 0.188. The predicted molar refractivity (Wildman–Crippen MR) is 85.0 cm³/mol. The Labute approximate surface area is 128 Å². The largest absolute Gasteiger partial charge is 0.497 e. The maximum Gasteiger partial charge on any atom is 0.340 e. The van der Waals surface area contributed by atoms with Crippen molar-refractivity contribution >= 4 is 23.0 Å². The van der Waals surface area contributed by atoms with Crippen molar-refractivity contribution in [1.82, 2.24) is 0 Å². The number of esters is 1. The Balaban J connectivity index is 2.41. The quantitative estimate of drug-likeness (QED) is 0.653. The van der Waals surface area contributed by atoms with E-state index in [-0.39, 0.29) is 0 Å². The van der Waals surface area contributed by atoms with Gasteiger partial charge in [0.1, 0.15) is 11.5 Å². The first-order chi connectivity index (χ1) is 10.6. The summed E-state index contributed by atoms with van der Waals surface area (Å²) >= 11 is 0. The second-order valence-corrected chi connectivity index (χ2v) is 4.49. The molecule has 0 heterocycles. The molecule has 0 saturated heterocycles. The highest BCUT2D eigenvalue weighted by Gasteiger charge is 2.14. The number of rotatable bonds is 5. The van der Waals surface area contributed by atoms with E-state index in [4.69, 9.17) is 19.9 Å². The van der Waals surface area contributed by atoms with Gasteiger partial charge in [0.25, 0.3) is 0 Å². The Morgan fingerprint density at radius 3 is 2.36 bits per heavy atom. The number of nitrogen functional groups attached to an aromatic ring is 1. The minimum atomic E-state index is -0.470. The summed E-state index contributed by atoms with van der Waals surface area (Å²) in [6, 6.07) is 10.3. The van der Waals surface area contributed by atoms with Gasteiger partial charge in [0.05, 0.1) is 38.3 Å². The minimum Gasteiger partial charge on any atom is -0.497 e. The van der Waals surface area contributed by atoms with E-state index in [0.29, 0.717) is 34.1 Å². The Bertz CT molecular complexity index is 686. The van der Waals surface area contributed by atoms with Crippen molar-refractivity contribution in [3.8, 4) is 11.5 Å². The van der Waals surface area contributed by atoms with E-state index in [1.807, 2.05) is 0 Å². The number of nitrogens with two attached hydrogens (primary N) is 1. The third-order valence-electron chi connectivity index (χ3n) is 3.13. The molecule has 22 heavy (non-hydrogen) atoms. The Kier molecular flexibility index (Phi) is 4.73. The fourth-order valence-corrected chi connectivity index (χ4v) is 2.00. The number of hydrogen-bond donors (Lipinski definition) is 2. The number of anilines is 3. The predicted octanol–water partition coefficient (Wildman–Crippen LogP) is 2.82. The van der Waals surface area contributed by atoms with Crippen molar-refractivity contribution in [1.29, 1.82) is 0 Å². The molecular formula is C16H18N2O4. The smallest absolute Gasteiger partial charge is 0.340 e. The van der Waals surface area contributed by atoms with Crippen molar-refractivity contribution in [3.63, 3.8) is 0 Å². The van der Waals surface area contributed by atoms with Crippen LogP contribution in [0, 0.1) is 0 Å². The molecule has 0 spiro atoms. The van der Waals surface area contributed by atoms with Crippen molar-refractivity contribution in [3.05, 3.63) is 42.0 Å². The van der Waals surface area contributed by atoms with Crippen LogP contribution in [0.4, 0.5) is 17.1 Å². The van der Waals surface area contributed by atoms with Crippen LogP contribution in [0.15, 0.2) is 36.4 Å². The number of carbonyl (C=O) groups excluding carboxylic acids is 1. The van der Waals surface area contributed by atoms with Crippen molar-refractivity contribution in [2.75, 3.05) is 32.4 Å². The molecule has 0 aliphatic rings. The lowest BCUT2D eigenvalue weighted by Gasteiger charge is -2.15. The summed E-state index contributed by atoms with van der Waals surface area (Å²) in [4.78, 5) is 11.9. The second-order valence-electron chi connectivity index (χ2n) is 4.49. The Morgan fingerprint density at radius 2 is 1.73 bits per heavy atom. The molecule has 2 aromatic carbocycles. The highest BCUT2D eigenvalue weighted by atomic mass is 16.5. The molecule has 2 aromatic rings. The molecule has 6 nitrogen and oxygen atoms in total. The van der Waals surface area contributed by atoms with Gasteiger partial charge in [-0.15, -0.1) is 0 Å². The molecule has 116 valence electrons. The van der Waals surface area contributed by atoms with Crippen LogP contribution in [0.3, 0.4) is 0 Å². The first kappa shape index (κ1) is 15.5. The third-order valence-corrected chi connectivity index (χ3v) is 3.13. The Morgan fingerprint density at radius 1 is 1.00 bits per heavy atom. The molecule has 0 unspecified atom stereocenters. The molecular weight excluding hydrogens is 284 g/mol. The number of methoxy groups -OCH3 is 3.